The molecule has 0 aromatic heterocycles. The predicted octanol–water partition coefficient (Wildman–Crippen LogP) is 8.21. The first-order chi connectivity index (χ1) is 17.2. The van der Waals surface area contributed by atoms with Crippen molar-refractivity contribution in [1.82, 2.24) is 0 Å². The Morgan fingerprint density at radius 1 is 0.714 bits per heavy atom. The Labute approximate surface area is 212 Å². The lowest BCUT2D eigenvalue weighted by Crippen LogP contribution is -2.09. The van der Waals surface area contributed by atoms with Crippen molar-refractivity contribution in [2.45, 2.75) is 37.0 Å². The Kier molecular flexibility index (Phi) is 9.24. The molecule has 0 atom stereocenters. The predicted molar refractivity (Wildman–Crippen MR) is 147 cm³/mol. The molecule has 0 bridgehead atoms. The molecule has 0 unspecified atom stereocenters. The summed E-state index contributed by atoms with van der Waals surface area (Å²) in [6.07, 6.45) is 4.52. The zero-order valence-corrected chi connectivity index (χ0v) is 20.9. The number of benzene rings is 4. The maximum absolute atomic E-state index is 12.2. The van der Waals surface area contributed by atoms with Crippen LogP contribution in [0.25, 0.3) is 21.5 Å². The number of unbranched alkanes of at least 4 members (excludes halogenated alkanes) is 3. The first-order valence-electron chi connectivity index (χ1n) is 12.3. The zero-order valence-electron chi connectivity index (χ0n) is 20.1. The van der Waals surface area contributed by atoms with Crippen LogP contribution >= 0.6 is 11.8 Å². The van der Waals surface area contributed by atoms with Gasteiger partial charge in [0, 0.05) is 21.6 Å². The summed E-state index contributed by atoms with van der Waals surface area (Å²) in [5, 5.41) is 4.82. The maximum Gasteiger partial charge on any atom is 0.333 e. The van der Waals surface area contributed by atoms with Gasteiger partial charge in [0.15, 0.2) is 0 Å². The molecular weight excluding hydrogens is 452 g/mol. The molecular formula is C31H32O3S. The molecule has 0 spiro atoms. The van der Waals surface area contributed by atoms with Crippen LogP contribution in [0, 0.1) is 0 Å². The van der Waals surface area contributed by atoms with E-state index in [1.165, 1.54) is 21.1 Å². The van der Waals surface area contributed by atoms with Crippen molar-refractivity contribution in [2.24, 2.45) is 0 Å². The number of fused-ring (bicyclic) bond motifs is 2. The van der Waals surface area contributed by atoms with Crippen molar-refractivity contribution in [3.8, 4) is 5.75 Å². The molecule has 0 radical (unpaired) electrons. The standard InChI is InChI=1S/C31H32O3S/c1-24(20-23-35-30-19-11-15-26-13-5-7-17-28(26)30)31(32)34-22-9-3-2-8-21-33-29-18-10-14-25-12-4-6-16-27(25)29/h4-7,10-19H,1-3,8-9,20-23H2. The van der Waals surface area contributed by atoms with Gasteiger partial charge in [-0.05, 0) is 60.4 Å². The Bertz CT molecular complexity index is 1270. The Morgan fingerprint density at radius 3 is 2.14 bits per heavy atom. The molecule has 0 saturated carbocycles. The van der Waals surface area contributed by atoms with Gasteiger partial charge in [-0.3, -0.25) is 0 Å². The van der Waals surface area contributed by atoms with Crippen LogP contribution in [-0.4, -0.2) is 24.9 Å². The van der Waals surface area contributed by atoms with E-state index in [2.05, 4.69) is 67.2 Å². The molecule has 4 heteroatoms. The van der Waals surface area contributed by atoms with Crippen LogP contribution < -0.4 is 4.74 Å². The van der Waals surface area contributed by atoms with Crippen molar-refractivity contribution in [1.29, 1.82) is 0 Å². The van der Waals surface area contributed by atoms with E-state index in [-0.39, 0.29) is 5.97 Å². The van der Waals surface area contributed by atoms with E-state index in [0.717, 1.165) is 42.6 Å². The van der Waals surface area contributed by atoms with Gasteiger partial charge in [-0.15, -0.1) is 11.8 Å². The average Bonchev–Trinajstić information content (AvgIpc) is 2.90. The van der Waals surface area contributed by atoms with Gasteiger partial charge in [-0.1, -0.05) is 79.4 Å². The molecule has 0 aliphatic heterocycles. The van der Waals surface area contributed by atoms with Gasteiger partial charge in [0.25, 0.3) is 0 Å². The van der Waals surface area contributed by atoms with Crippen molar-refractivity contribution in [3.63, 3.8) is 0 Å². The second-order valence-corrected chi connectivity index (χ2v) is 9.69. The summed E-state index contributed by atoms with van der Waals surface area (Å²) in [7, 11) is 0. The Hall–Kier alpha value is -3.24. The van der Waals surface area contributed by atoms with Gasteiger partial charge in [0.2, 0.25) is 0 Å². The molecule has 0 saturated heterocycles. The number of ether oxygens (including phenoxy) is 2. The maximum atomic E-state index is 12.2. The fourth-order valence-electron chi connectivity index (χ4n) is 4.04. The smallest absolute Gasteiger partial charge is 0.333 e. The van der Waals surface area contributed by atoms with Crippen LogP contribution in [0.5, 0.6) is 5.75 Å². The van der Waals surface area contributed by atoms with Gasteiger partial charge >= 0.3 is 5.97 Å². The zero-order chi connectivity index (χ0) is 24.3. The van der Waals surface area contributed by atoms with Gasteiger partial charge in [-0.2, -0.15) is 0 Å². The average molecular weight is 485 g/mol. The third-order valence-electron chi connectivity index (χ3n) is 5.98. The summed E-state index contributed by atoms with van der Waals surface area (Å²) < 4.78 is 11.4. The second-order valence-electron chi connectivity index (χ2n) is 8.56. The number of hydrogen-bond acceptors (Lipinski definition) is 4. The van der Waals surface area contributed by atoms with E-state index in [1.807, 2.05) is 24.3 Å². The minimum absolute atomic E-state index is 0.275. The third-order valence-corrected chi connectivity index (χ3v) is 7.05. The highest BCUT2D eigenvalue weighted by atomic mass is 32.2. The van der Waals surface area contributed by atoms with Crippen LogP contribution in [-0.2, 0) is 9.53 Å². The van der Waals surface area contributed by atoms with Gasteiger partial charge in [-0.25, -0.2) is 4.79 Å². The first kappa shape index (κ1) is 24.9. The molecule has 3 nitrogen and oxygen atoms in total. The van der Waals surface area contributed by atoms with Crippen LogP contribution in [0.2, 0.25) is 0 Å². The summed E-state index contributed by atoms with van der Waals surface area (Å²) >= 11 is 1.75. The molecule has 0 aliphatic carbocycles. The number of rotatable bonds is 13. The molecule has 180 valence electrons. The van der Waals surface area contributed by atoms with E-state index in [4.69, 9.17) is 9.47 Å². The highest BCUT2D eigenvalue weighted by Gasteiger charge is 2.09. The van der Waals surface area contributed by atoms with Crippen LogP contribution in [0.1, 0.15) is 32.1 Å². The van der Waals surface area contributed by atoms with E-state index < -0.39 is 0 Å². The topological polar surface area (TPSA) is 35.5 Å². The van der Waals surface area contributed by atoms with E-state index >= 15 is 0 Å². The monoisotopic (exact) mass is 484 g/mol. The van der Waals surface area contributed by atoms with E-state index in [0.29, 0.717) is 25.2 Å². The lowest BCUT2D eigenvalue weighted by atomic mass is 10.1. The largest absolute Gasteiger partial charge is 0.493 e. The second kappa shape index (κ2) is 13.0. The fraction of sp³-hybridized carbons (Fsp3) is 0.258. The van der Waals surface area contributed by atoms with E-state index in [1.54, 1.807) is 11.8 Å². The summed E-state index contributed by atoms with van der Waals surface area (Å²) in [5.41, 5.74) is 0.543. The van der Waals surface area contributed by atoms with Gasteiger partial charge < -0.3 is 9.47 Å². The number of esters is 1. The molecule has 0 amide bonds. The number of carbonyl (C=O) groups is 1. The van der Waals surface area contributed by atoms with Crippen molar-refractivity contribution in [2.75, 3.05) is 19.0 Å². The Balaban J connectivity index is 1.07. The molecule has 0 N–H and O–H groups in total. The lowest BCUT2D eigenvalue weighted by molar-refractivity contribution is -0.139. The Morgan fingerprint density at radius 2 is 1.34 bits per heavy atom. The SMILES string of the molecule is C=C(CCSc1cccc2ccccc12)C(=O)OCCCCCCOc1cccc2ccccc12. The van der Waals surface area contributed by atoms with Crippen molar-refractivity contribution < 1.29 is 14.3 Å². The minimum atomic E-state index is -0.275. The van der Waals surface area contributed by atoms with E-state index in [9.17, 15) is 4.79 Å². The third kappa shape index (κ3) is 7.12. The molecule has 35 heavy (non-hydrogen) atoms. The molecule has 0 fully saturated rings. The highest BCUT2D eigenvalue weighted by Crippen LogP contribution is 2.29. The molecule has 4 rings (SSSR count). The molecule has 4 aromatic rings. The molecule has 0 aliphatic rings. The number of carbonyl (C=O) groups excluding carboxylic acids is 1. The fourth-order valence-corrected chi connectivity index (χ4v) is 5.12. The van der Waals surface area contributed by atoms with Crippen LogP contribution in [0.15, 0.2) is 102 Å². The first-order valence-corrected chi connectivity index (χ1v) is 13.3. The summed E-state index contributed by atoms with van der Waals surface area (Å²) in [4.78, 5) is 13.5. The molecule has 0 heterocycles. The highest BCUT2D eigenvalue weighted by molar-refractivity contribution is 7.99. The summed E-state index contributed by atoms with van der Waals surface area (Å²) in [5.74, 6) is 1.47. The summed E-state index contributed by atoms with van der Waals surface area (Å²) in [6, 6.07) is 29.1. The lowest BCUT2D eigenvalue weighted by Gasteiger charge is -2.10. The van der Waals surface area contributed by atoms with Crippen molar-refractivity contribution >= 4 is 39.3 Å². The van der Waals surface area contributed by atoms with Crippen LogP contribution in [0.4, 0.5) is 0 Å². The minimum Gasteiger partial charge on any atom is -0.493 e. The number of hydrogen-bond donors (Lipinski definition) is 0. The summed E-state index contributed by atoms with van der Waals surface area (Å²) in [6.45, 7) is 5.07. The van der Waals surface area contributed by atoms with Crippen molar-refractivity contribution in [3.05, 3.63) is 97.1 Å². The quantitative estimate of drug-likeness (QED) is 0.0829. The number of thioether (sulfide) groups is 1. The molecule has 4 aromatic carbocycles. The van der Waals surface area contributed by atoms with Gasteiger partial charge in [0.05, 0.1) is 13.2 Å². The normalized spacial score (nSPS) is 11.0. The van der Waals surface area contributed by atoms with Crippen LogP contribution in [0.3, 0.4) is 0 Å². The van der Waals surface area contributed by atoms with Gasteiger partial charge in [0.1, 0.15) is 5.75 Å².